The summed E-state index contributed by atoms with van der Waals surface area (Å²) in [7, 11) is 0. The van der Waals surface area contributed by atoms with Crippen molar-refractivity contribution >= 4 is 11.7 Å². The van der Waals surface area contributed by atoms with Gasteiger partial charge in [0.15, 0.2) is 17.5 Å². The lowest BCUT2D eigenvalue weighted by Gasteiger charge is -2.41. The molecule has 2 aliphatic heterocycles. The highest BCUT2D eigenvalue weighted by Gasteiger charge is 2.28. The van der Waals surface area contributed by atoms with E-state index in [1.165, 1.54) is 5.56 Å². The first-order chi connectivity index (χ1) is 17.3. The summed E-state index contributed by atoms with van der Waals surface area (Å²) >= 11 is 0. The molecule has 1 N–H and O–H groups in total. The summed E-state index contributed by atoms with van der Waals surface area (Å²) in [6.07, 6.45) is 3.11. The van der Waals surface area contributed by atoms with Crippen molar-refractivity contribution in [2.24, 2.45) is 5.92 Å². The third kappa shape index (κ3) is 6.30. The van der Waals surface area contributed by atoms with Gasteiger partial charge in [0.25, 0.3) is 0 Å². The van der Waals surface area contributed by atoms with Gasteiger partial charge < -0.3 is 15.1 Å². The van der Waals surface area contributed by atoms with Crippen LogP contribution in [0.1, 0.15) is 37.3 Å². The summed E-state index contributed by atoms with van der Waals surface area (Å²) in [5.74, 6) is -3.32. The molecule has 0 unspecified atom stereocenters. The Balaban J connectivity index is 1.16. The van der Waals surface area contributed by atoms with E-state index in [0.29, 0.717) is 37.7 Å². The van der Waals surface area contributed by atoms with Crippen molar-refractivity contribution in [2.45, 2.75) is 38.8 Å². The van der Waals surface area contributed by atoms with E-state index in [0.717, 1.165) is 51.0 Å². The number of halogens is 3. The molecule has 0 radical (unpaired) electrons. The van der Waals surface area contributed by atoms with Crippen molar-refractivity contribution in [2.75, 3.05) is 44.2 Å². The second-order valence-electron chi connectivity index (χ2n) is 9.76. The second-order valence-corrected chi connectivity index (χ2v) is 9.76. The topological polar surface area (TPSA) is 62.6 Å². The maximum atomic E-state index is 13.6. The fourth-order valence-electron chi connectivity index (χ4n) is 5.08. The molecule has 0 bridgehead atoms. The average Bonchev–Trinajstić information content (AvgIpc) is 2.88. The maximum Gasteiger partial charge on any atom is 0.317 e. The number of nitrogens with one attached hydrogen (secondary N) is 1. The van der Waals surface area contributed by atoms with E-state index in [-0.39, 0.29) is 17.8 Å². The minimum Gasteiger partial charge on any atom is -0.368 e. The molecule has 192 valence electrons. The zero-order chi connectivity index (χ0) is 25.7. The van der Waals surface area contributed by atoms with Crippen LogP contribution in [0.5, 0.6) is 0 Å². The number of piperidine rings is 1. The number of amides is 2. The summed E-state index contributed by atoms with van der Waals surface area (Å²) in [6, 6.07) is 11.6. The molecule has 2 saturated heterocycles. The van der Waals surface area contributed by atoms with Crippen LogP contribution in [0.15, 0.2) is 36.4 Å². The lowest BCUT2D eigenvalue weighted by atomic mass is 9.93. The Morgan fingerprint density at radius 2 is 1.72 bits per heavy atom. The molecule has 2 aromatic carbocycles. The van der Waals surface area contributed by atoms with Crippen LogP contribution in [0.4, 0.5) is 23.7 Å². The molecular weight excluding hydrogens is 467 g/mol. The van der Waals surface area contributed by atoms with Crippen molar-refractivity contribution < 1.29 is 18.0 Å². The third-order valence-corrected chi connectivity index (χ3v) is 7.25. The van der Waals surface area contributed by atoms with Crippen LogP contribution in [-0.4, -0.2) is 61.1 Å². The fourth-order valence-corrected chi connectivity index (χ4v) is 5.08. The van der Waals surface area contributed by atoms with Crippen LogP contribution >= 0.6 is 0 Å². The van der Waals surface area contributed by atoms with Gasteiger partial charge in [0.1, 0.15) is 0 Å². The number of carbonyl (C=O) groups excluding carboxylic acids is 1. The summed E-state index contributed by atoms with van der Waals surface area (Å²) < 4.78 is 40.5. The summed E-state index contributed by atoms with van der Waals surface area (Å²) in [5, 5.41) is 12.0. The van der Waals surface area contributed by atoms with Gasteiger partial charge in [-0.15, -0.1) is 0 Å². The molecule has 9 heteroatoms. The van der Waals surface area contributed by atoms with Crippen LogP contribution < -0.4 is 10.2 Å². The molecule has 36 heavy (non-hydrogen) atoms. The molecule has 2 heterocycles. The molecular formula is C27H32F3N5O. The van der Waals surface area contributed by atoms with E-state index in [1.54, 1.807) is 9.80 Å². The predicted octanol–water partition coefficient (Wildman–Crippen LogP) is 4.50. The van der Waals surface area contributed by atoms with Crippen LogP contribution in [-0.2, 0) is 6.54 Å². The van der Waals surface area contributed by atoms with Crippen molar-refractivity contribution in [3.05, 3.63) is 65.0 Å². The number of nitriles is 1. The van der Waals surface area contributed by atoms with E-state index in [1.807, 2.05) is 31.2 Å². The zero-order valence-corrected chi connectivity index (χ0v) is 20.5. The summed E-state index contributed by atoms with van der Waals surface area (Å²) in [5.41, 5.74) is 2.17. The van der Waals surface area contributed by atoms with Crippen LogP contribution in [0.2, 0.25) is 0 Å². The Morgan fingerprint density at radius 1 is 1.06 bits per heavy atom. The van der Waals surface area contributed by atoms with Crippen molar-refractivity contribution in [3.63, 3.8) is 0 Å². The first-order valence-electron chi connectivity index (χ1n) is 12.5. The van der Waals surface area contributed by atoms with E-state index in [9.17, 15) is 18.0 Å². The molecule has 0 aliphatic carbocycles. The van der Waals surface area contributed by atoms with Gasteiger partial charge in [-0.25, -0.2) is 18.0 Å². The molecule has 2 amide bonds. The van der Waals surface area contributed by atoms with Crippen LogP contribution in [0, 0.1) is 34.7 Å². The highest BCUT2D eigenvalue weighted by molar-refractivity contribution is 5.75. The van der Waals surface area contributed by atoms with Gasteiger partial charge in [0.05, 0.1) is 11.6 Å². The Morgan fingerprint density at radius 3 is 2.33 bits per heavy atom. The lowest BCUT2D eigenvalue weighted by Crippen LogP contribution is -2.56. The average molecular weight is 500 g/mol. The number of nitrogens with zero attached hydrogens (tertiary/aromatic N) is 4. The minimum absolute atomic E-state index is 0.128. The number of likely N-dealkylation sites (tertiary alicyclic amines) is 1. The monoisotopic (exact) mass is 499 g/mol. The number of hydrogen-bond donors (Lipinski definition) is 1. The number of carbonyl (C=O) groups is 1. The van der Waals surface area contributed by atoms with E-state index in [4.69, 9.17) is 5.26 Å². The molecule has 2 aliphatic rings. The third-order valence-electron chi connectivity index (χ3n) is 7.25. The zero-order valence-electron chi connectivity index (χ0n) is 20.5. The Labute approximate surface area is 210 Å². The SMILES string of the molecule is C[C@@H]1CN(c2cc(F)c(F)c(F)c2)CCN1C(=O)NCCC1CCN(Cc2ccc(C#N)cc2)CC1. The van der Waals surface area contributed by atoms with Gasteiger partial charge in [-0.1, -0.05) is 12.1 Å². The van der Waals surface area contributed by atoms with Gasteiger partial charge in [0, 0.05) is 56.6 Å². The van der Waals surface area contributed by atoms with Gasteiger partial charge in [-0.3, -0.25) is 4.90 Å². The van der Waals surface area contributed by atoms with Crippen molar-refractivity contribution in [1.29, 1.82) is 5.26 Å². The summed E-state index contributed by atoms with van der Waals surface area (Å²) in [6.45, 7) is 6.67. The number of benzene rings is 2. The molecule has 0 saturated carbocycles. The van der Waals surface area contributed by atoms with E-state index in [2.05, 4.69) is 16.3 Å². The van der Waals surface area contributed by atoms with Gasteiger partial charge in [-0.2, -0.15) is 5.26 Å². The highest BCUT2D eigenvalue weighted by atomic mass is 19.2. The first-order valence-corrected chi connectivity index (χ1v) is 12.5. The molecule has 6 nitrogen and oxygen atoms in total. The van der Waals surface area contributed by atoms with Crippen LogP contribution in [0.3, 0.4) is 0 Å². The molecule has 0 aromatic heterocycles. The van der Waals surface area contributed by atoms with E-state index >= 15 is 0 Å². The smallest absolute Gasteiger partial charge is 0.317 e. The first kappa shape index (κ1) is 25.8. The van der Waals surface area contributed by atoms with Gasteiger partial charge in [0.2, 0.25) is 0 Å². The molecule has 0 spiro atoms. The molecule has 1 atom stereocenters. The number of hydrogen-bond acceptors (Lipinski definition) is 4. The fraction of sp³-hybridized carbons (Fsp3) is 0.481. The summed E-state index contributed by atoms with van der Waals surface area (Å²) in [4.78, 5) is 18.7. The maximum absolute atomic E-state index is 13.6. The van der Waals surface area contributed by atoms with Crippen molar-refractivity contribution in [3.8, 4) is 6.07 Å². The second kappa shape index (κ2) is 11.7. The quantitative estimate of drug-likeness (QED) is 0.595. The highest BCUT2D eigenvalue weighted by Crippen LogP contribution is 2.24. The van der Waals surface area contributed by atoms with Gasteiger partial charge >= 0.3 is 6.03 Å². The van der Waals surface area contributed by atoms with Crippen molar-refractivity contribution in [1.82, 2.24) is 15.1 Å². The largest absolute Gasteiger partial charge is 0.368 e. The van der Waals surface area contributed by atoms with E-state index < -0.39 is 17.5 Å². The molecule has 2 fully saturated rings. The lowest BCUT2D eigenvalue weighted by molar-refractivity contribution is 0.162. The Bertz CT molecular complexity index is 1070. The predicted molar refractivity (Wildman–Crippen MR) is 132 cm³/mol. The normalized spacial score (nSPS) is 19.2. The van der Waals surface area contributed by atoms with Gasteiger partial charge in [-0.05, 0) is 62.9 Å². The Kier molecular flexibility index (Phi) is 8.36. The molecule has 4 rings (SSSR count). The van der Waals surface area contributed by atoms with Crippen LogP contribution in [0.25, 0.3) is 0 Å². The number of urea groups is 1. The number of rotatable bonds is 6. The Hall–Kier alpha value is -3.25. The number of anilines is 1. The minimum atomic E-state index is -1.47. The number of piperazine rings is 1. The molecule has 2 aromatic rings. The standard InChI is InChI=1S/C27H32F3N5O/c1-19-17-34(23-14-24(28)26(30)25(29)15-23)12-13-35(19)27(36)32-9-6-20-7-10-33(11-8-20)18-22-4-2-21(16-31)3-5-22/h2-5,14-15,19-20H,6-13,17-18H2,1H3,(H,32,36)/t19-/m1/s1.